The predicted molar refractivity (Wildman–Crippen MR) is 116 cm³/mol. The molecule has 7 heteroatoms. The molecule has 4 heterocycles. The Hall–Kier alpha value is -3.22. The van der Waals surface area contributed by atoms with Crippen LogP contribution in [0.2, 0.25) is 0 Å². The van der Waals surface area contributed by atoms with E-state index in [2.05, 4.69) is 51.6 Å². The van der Waals surface area contributed by atoms with E-state index in [1.165, 1.54) is 24.8 Å². The van der Waals surface area contributed by atoms with E-state index in [9.17, 15) is 4.79 Å². The number of fused-ring (bicyclic) bond motifs is 1. The van der Waals surface area contributed by atoms with Crippen LogP contribution in [0.15, 0.2) is 36.4 Å². The van der Waals surface area contributed by atoms with Gasteiger partial charge in [-0.2, -0.15) is 9.78 Å². The van der Waals surface area contributed by atoms with Crippen molar-refractivity contribution in [1.82, 2.24) is 20.0 Å². The molecule has 1 fully saturated rings. The van der Waals surface area contributed by atoms with Gasteiger partial charge in [-0.3, -0.25) is 4.79 Å². The van der Waals surface area contributed by atoms with Gasteiger partial charge in [-0.1, -0.05) is 29.8 Å². The summed E-state index contributed by atoms with van der Waals surface area (Å²) >= 11 is 0. The Kier molecular flexibility index (Phi) is 4.73. The summed E-state index contributed by atoms with van der Waals surface area (Å²) in [5.41, 5.74) is 4.29. The number of rotatable bonds is 3. The average Bonchev–Trinajstić information content (AvgIpc) is 3.10. The van der Waals surface area contributed by atoms with Gasteiger partial charge in [0.2, 0.25) is 5.91 Å². The van der Waals surface area contributed by atoms with Crippen LogP contribution < -0.4 is 10.2 Å². The average molecular weight is 403 g/mol. The van der Waals surface area contributed by atoms with Crippen LogP contribution in [-0.2, 0) is 4.79 Å². The third kappa shape index (κ3) is 3.34. The van der Waals surface area contributed by atoms with E-state index in [1.54, 1.807) is 4.68 Å². The second-order valence-electron chi connectivity index (χ2n) is 8.27. The molecule has 1 saturated heterocycles. The summed E-state index contributed by atoms with van der Waals surface area (Å²) in [6.45, 7) is 6.11. The van der Waals surface area contributed by atoms with Gasteiger partial charge < -0.3 is 10.2 Å². The Labute approximate surface area is 176 Å². The summed E-state index contributed by atoms with van der Waals surface area (Å²) in [5.74, 6) is 2.20. The highest BCUT2D eigenvalue weighted by molar-refractivity contribution is 5.95. The van der Waals surface area contributed by atoms with Crippen molar-refractivity contribution < 1.29 is 4.79 Å². The Morgan fingerprint density at radius 3 is 2.33 bits per heavy atom. The number of benzene rings is 1. The third-order valence-corrected chi connectivity index (χ3v) is 6.12. The highest BCUT2D eigenvalue weighted by atomic mass is 16.1. The molecule has 1 atom stereocenters. The highest BCUT2D eigenvalue weighted by Gasteiger charge is 2.33. The topological polar surface area (TPSA) is 75.9 Å². The maximum Gasteiger partial charge on any atom is 0.226 e. The number of nitrogens with zero attached hydrogens (tertiary/aromatic N) is 5. The number of hydrogen-bond acceptors (Lipinski definition) is 5. The summed E-state index contributed by atoms with van der Waals surface area (Å²) in [6.07, 6.45) is 4.09. The monoisotopic (exact) mass is 402 g/mol. The van der Waals surface area contributed by atoms with E-state index in [0.29, 0.717) is 18.1 Å². The number of piperidine rings is 1. The van der Waals surface area contributed by atoms with Gasteiger partial charge in [0.05, 0.1) is 5.69 Å². The van der Waals surface area contributed by atoms with E-state index in [4.69, 9.17) is 5.10 Å². The summed E-state index contributed by atoms with van der Waals surface area (Å²) in [7, 11) is 0. The molecule has 154 valence electrons. The maximum absolute atomic E-state index is 12.5. The van der Waals surface area contributed by atoms with Gasteiger partial charge in [-0.15, -0.1) is 10.2 Å². The Bertz CT molecular complexity index is 1060. The molecule has 0 aliphatic carbocycles. The molecule has 1 unspecified atom stereocenters. The van der Waals surface area contributed by atoms with E-state index < -0.39 is 0 Å². The fourth-order valence-electron chi connectivity index (χ4n) is 4.52. The first-order chi connectivity index (χ1) is 14.6. The van der Waals surface area contributed by atoms with Crippen LogP contribution in [-0.4, -0.2) is 39.0 Å². The Morgan fingerprint density at radius 1 is 0.933 bits per heavy atom. The normalized spacial score (nSPS) is 18.8. The first-order valence-electron chi connectivity index (χ1n) is 10.6. The Balaban J connectivity index is 1.51. The minimum absolute atomic E-state index is 0.00730. The first-order valence-corrected chi connectivity index (χ1v) is 10.6. The lowest BCUT2D eigenvalue weighted by molar-refractivity contribution is -0.116. The molecule has 7 nitrogen and oxygen atoms in total. The number of carbonyl (C=O) groups is 1. The van der Waals surface area contributed by atoms with Crippen molar-refractivity contribution in [1.29, 1.82) is 0 Å². The van der Waals surface area contributed by atoms with E-state index >= 15 is 0 Å². The molecule has 1 amide bonds. The van der Waals surface area contributed by atoms with Crippen molar-refractivity contribution in [3.05, 3.63) is 58.8 Å². The van der Waals surface area contributed by atoms with Crippen LogP contribution in [0.4, 0.5) is 11.6 Å². The summed E-state index contributed by atoms with van der Waals surface area (Å²) in [4.78, 5) is 14.8. The van der Waals surface area contributed by atoms with Gasteiger partial charge >= 0.3 is 0 Å². The van der Waals surface area contributed by atoms with Crippen LogP contribution in [0.3, 0.4) is 0 Å². The lowest BCUT2D eigenvalue weighted by atomic mass is 9.85. The van der Waals surface area contributed by atoms with Crippen LogP contribution >= 0.6 is 0 Å². The molecule has 0 spiro atoms. The molecule has 30 heavy (non-hydrogen) atoms. The molecule has 1 N–H and O–H groups in total. The molecule has 1 aromatic carbocycles. The first kappa shape index (κ1) is 18.8. The van der Waals surface area contributed by atoms with Gasteiger partial charge in [-0.05, 0) is 50.8 Å². The fourth-order valence-corrected chi connectivity index (χ4v) is 4.52. The number of hydrogen-bond donors (Lipinski definition) is 1. The molecule has 2 aromatic heterocycles. The second kappa shape index (κ2) is 7.55. The number of nitrogens with one attached hydrogen (secondary N) is 1. The quantitative estimate of drug-likeness (QED) is 0.722. The minimum atomic E-state index is -0.0105. The largest absolute Gasteiger partial charge is 0.355 e. The number of aryl methyl sites for hydroxylation is 2. The molecule has 0 radical (unpaired) electrons. The Morgan fingerprint density at radius 2 is 1.63 bits per heavy atom. The van der Waals surface area contributed by atoms with E-state index in [1.807, 2.05) is 19.1 Å². The third-order valence-electron chi connectivity index (χ3n) is 6.12. The van der Waals surface area contributed by atoms with Crippen molar-refractivity contribution in [3.63, 3.8) is 0 Å². The zero-order valence-corrected chi connectivity index (χ0v) is 17.4. The molecule has 2 aliphatic rings. The lowest BCUT2D eigenvalue weighted by Crippen LogP contribution is -2.30. The highest BCUT2D eigenvalue weighted by Crippen LogP contribution is 2.40. The van der Waals surface area contributed by atoms with Gasteiger partial charge in [0, 0.05) is 31.0 Å². The van der Waals surface area contributed by atoms with Gasteiger partial charge in [-0.25, -0.2) is 0 Å². The summed E-state index contributed by atoms with van der Waals surface area (Å²) in [5, 5.41) is 16.6. The van der Waals surface area contributed by atoms with E-state index in [-0.39, 0.29) is 11.8 Å². The van der Waals surface area contributed by atoms with Crippen molar-refractivity contribution in [2.45, 2.75) is 45.4 Å². The van der Waals surface area contributed by atoms with E-state index in [0.717, 1.165) is 35.7 Å². The molecular weight excluding hydrogens is 376 g/mol. The number of carbonyl (C=O) groups excluding carboxylic acids is 1. The SMILES string of the molecule is Cc1ccc(C2CC(=O)Nc3c2c(C)nn3-c2ccc(N3CCCCC3)nn2)cc1. The summed E-state index contributed by atoms with van der Waals surface area (Å²) < 4.78 is 1.72. The zero-order valence-electron chi connectivity index (χ0n) is 17.4. The van der Waals surface area contributed by atoms with Crippen molar-refractivity contribution in [2.24, 2.45) is 0 Å². The van der Waals surface area contributed by atoms with Gasteiger partial charge in [0.1, 0.15) is 5.82 Å². The number of amides is 1. The van der Waals surface area contributed by atoms with Crippen LogP contribution in [0.5, 0.6) is 0 Å². The maximum atomic E-state index is 12.5. The molecule has 0 saturated carbocycles. The number of aromatic nitrogens is 4. The molecule has 2 aliphatic heterocycles. The fraction of sp³-hybridized carbons (Fsp3) is 0.391. The standard InChI is InChI=1S/C23H26N6O/c1-15-6-8-17(9-7-15)18-14-21(30)24-23-22(18)16(2)27-29(23)20-11-10-19(25-26-20)28-12-4-3-5-13-28/h6-11,18H,3-5,12-14H2,1-2H3,(H,24,30). The second-order valence-corrected chi connectivity index (χ2v) is 8.27. The van der Waals surface area contributed by atoms with Crippen molar-refractivity contribution in [2.75, 3.05) is 23.3 Å². The molecule has 0 bridgehead atoms. The van der Waals surface area contributed by atoms with Crippen molar-refractivity contribution in [3.8, 4) is 5.82 Å². The zero-order chi connectivity index (χ0) is 20.7. The van der Waals surface area contributed by atoms with Crippen LogP contribution in [0.1, 0.15) is 54.0 Å². The smallest absolute Gasteiger partial charge is 0.226 e. The minimum Gasteiger partial charge on any atom is -0.355 e. The molecule has 5 rings (SSSR count). The number of anilines is 2. The van der Waals surface area contributed by atoms with Gasteiger partial charge in [0.15, 0.2) is 11.6 Å². The van der Waals surface area contributed by atoms with Crippen molar-refractivity contribution >= 4 is 17.5 Å². The van der Waals surface area contributed by atoms with Gasteiger partial charge in [0.25, 0.3) is 0 Å². The molecular formula is C23H26N6O. The van der Waals surface area contributed by atoms with Crippen LogP contribution in [0.25, 0.3) is 5.82 Å². The van der Waals surface area contributed by atoms with Crippen LogP contribution in [0, 0.1) is 13.8 Å². The summed E-state index contributed by atoms with van der Waals surface area (Å²) in [6, 6.07) is 12.3. The predicted octanol–water partition coefficient (Wildman–Crippen LogP) is 3.74. The molecule has 3 aromatic rings. The lowest BCUT2D eigenvalue weighted by Gasteiger charge is -2.27.